The molecule has 1 aliphatic rings. The van der Waals surface area contributed by atoms with Crippen molar-refractivity contribution < 1.29 is 23.4 Å². The lowest BCUT2D eigenvalue weighted by molar-refractivity contribution is -0.168. The molecular weight excluding hydrogens is 336 g/mol. The molecule has 1 heterocycles. The lowest BCUT2D eigenvalue weighted by Crippen LogP contribution is -2.45. The third kappa shape index (κ3) is 7.05. The van der Waals surface area contributed by atoms with Crippen LogP contribution in [0.25, 0.3) is 0 Å². The average Bonchev–Trinajstić information content (AvgIpc) is 2.51. The highest BCUT2D eigenvalue weighted by molar-refractivity contribution is 6.74. The van der Waals surface area contributed by atoms with Crippen molar-refractivity contribution in [3.05, 3.63) is 24.8 Å². The number of ether oxygens (including phenoxy) is 3. The maximum Gasteiger partial charge on any atom is 0.306 e. The lowest BCUT2D eigenvalue weighted by Gasteiger charge is -2.39. The van der Waals surface area contributed by atoms with E-state index in [0.717, 1.165) is 0 Å². The molecule has 5 nitrogen and oxygen atoms in total. The maximum absolute atomic E-state index is 11.9. The SMILES string of the molecule is C=CCO[C@@H]1C=C[C@H](CC(=O)OCC)[C@@H](CO[Si](C)(C)C(C)(C)C)O1. The van der Waals surface area contributed by atoms with Gasteiger partial charge in [0.15, 0.2) is 14.6 Å². The van der Waals surface area contributed by atoms with Crippen LogP contribution in [0.1, 0.15) is 34.1 Å². The Morgan fingerprint density at radius 3 is 2.56 bits per heavy atom. The van der Waals surface area contributed by atoms with Crippen molar-refractivity contribution in [1.29, 1.82) is 0 Å². The minimum absolute atomic E-state index is 0.0765. The van der Waals surface area contributed by atoms with Gasteiger partial charge in [0, 0.05) is 5.92 Å². The molecule has 0 aromatic rings. The summed E-state index contributed by atoms with van der Waals surface area (Å²) in [5.41, 5.74) is 0. The van der Waals surface area contributed by atoms with Gasteiger partial charge in [-0.15, -0.1) is 6.58 Å². The van der Waals surface area contributed by atoms with E-state index in [1.54, 1.807) is 6.08 Å². The predicted molar refractivity (Wildman–Crippen MR) is 102 cm³/mol. The van der Waals surface area contributed by atoms with Crippen molar-refractivity contribution in [2.75, 3.05) is 19.8 Å². The number of carbonyl (C=O) groups is 1. The fourth-order valence-corrected chi connectivity index (χ4v) is 3.23. The first-order chi connectivity index (χ1) is 11.6. The van der Waals surface area contributed by atoms with Crippen LogP contribution in [0, 0.1) is 5.92 Å². The minimum Gasteiger partial charge on any atom is -0.466 e. The summed E-state index contributed by atoms with van der Waals surface area (Å²) in [5.74, 6) is -0.295. The largest absolute Gasteiger partial charge is 0.466 e. The molecule has 144 valence electrons. The molecule has 0 aromatic heterocycles. The standard InChI is InChI=1S/C19H34O5Si/c1-8-12-22-18-11-10-15(13-17(20)21-9-2)16(24-18)14-23-25(6,7)19(3,4)5/h8,10-11,15-16,18H,1,9,12-14H2,2-7H3/t15-,16-,18+/m1/s1. The Balaban J connectivity index is 2.78. The Morgan fingerprint density at radius 2 is 2.00 bits per heavy atom. The van der Waals surface area contributed by atoms with Gasteiger partial charge < -0.3 is 18.6 Å². The van der Waals surface area contributed by atoms with E-state index >= 15 is 0 Å². The summed E-state index contributed by atoms with van der Waals surface area (Å²) in [6.45, 7) is 17.7. The molecule has 0 aliphatic carbocycles. The molecule has 0 unspecified atom stereocenters. The first-order valence-electron chi connectivity index (χ1n) is 8.96. The van der Waals surface area contributed by atoms with Crippen LogP contribution in [0.2, 0.25) is 18.1 Å². The molecule has 0 N–H and O–H groups in total. The monoisotopic (exact) mass is 370 g/mol. The first kappa shape index (κ1) is 22.1. The van der Waals surface area contributed by atoms with Crippen LogP contribution in [0.15, 0.2) is 24.8 Å². The van der Waals surface area contributed by atoms with Gasteiger partial charge in [0.1, 0.15) is 0 Å². The van der Waals surface area contributed by atoms with Crippen LogP contribution in [-0.2, 0) is 23.4 Å². The van der Waals surface area contributed by atoms with Crippen molar-refractivity contribution in [3.63, 3.8) is 0 Å². The zero-order valence-electron chi connectivity index (χ0n) is 16.5. The summed E-state index contributed by atoms with van der Waals surface area (Å²) in [6, 6.07) is 0. The number of esters is 1. The highest BCUT2D eigenvalue weighted by atomic mass is 28.4. The number of hydrogen-bond acceptors (Lipinski definition) is 5. The van der Waals surface area contributed by atoms with Gasteiger partial charge in [-0.05, 0) is 31.1 Å². The van der Waals surface area contributed by atoms with Gasteiger partial charge in [0.25, 0.3) is 0 Å². The smallest absolute Gasteiger partial charge is 0.306 e. The molecule has 0 radical (unpaired) electrons. The average molecular weight is 371 g/mol. The molecule has 0 saturated heterocycles. The first-order valence-corrected chi connectivity index (χ1v) is 11.9. The van der Waals surface area contributed by atoms with E-state index < -0.39 is 14.6 Å². The van der Waals surface area contributed by atoms with Gasteiger partial charge in [-0.2, -0.15) is 0 Å². The molecule has 3 atom stereocenters. The zero-order valence-corrected chi connectivity index (χ0v) is 17.5. The Hall–Kier alpha value is -0.953. The van der Waals surface area contributed by atoms with Crippen molar-refractivity contribution in [3.8, 4) is 0 Å². The van der Waals surface area contributed by atoms with E-state index in [0.29, 0.717) is 19.8 Å². The normalized spacial score (nSPS) is 24.2. The third-order valence-electron chi connectivity index (χ3n) is 4.80. The fraction of sp³-hybridized carbons (Fsp3) is 0.737. The molecule has 1 aliphatic heterocycles. The molecular formula is C19H34O5Si. The Kier molecular flexibility index (Phi) is 8.54. The Bertz CT molecular complexity index is 467. The summed E-state index contributed by atoms with van der Waals surface area (Å²) in [6.07, 6.45) is 5.11. The number of hydrogen-bond donors (Lipinski definition) is 0. The fourth-order valence-electron chi connectivity index (χ4n) is 2.22. The topological polar surface area (TPSA) is 54.0 Å². The molecule has 0 aromatic carbocycles. The van der Waals surface area contributed by atoms with E-state index in [2.05, 4.69) is 40.4 Å². The van der Waals surface area contributed by atoms with E-state index in [-0.39, 0.29) is 29.5 Å². The van der Waals surface area contributed by atoms with Gasteiger partial charge in [-0.25, -0.2) is 0 Å². The van der Waals surface area contributed by atoms with Gasteiger partial charge >= 0.3 is 5.97 Å². The molecule has 0 spiro atoms. The van der Waals surface area contributed by atoms with Gasteiger partial charge in [-0.3, -0.25) is 4.79 Å². The second-order valence-corrected chi connectivity index (χ2v) is 12.6. The quantitative estimate of drug-likeness (QED) is 0.348. The summed E-state index contributed by atoms with van der Waals surface area (Å²) in [7, 11) is -1.90. The zero-order chi connectivity index (χ0) is 19.1. The van der Waals surface area contributed by atoms with Crippen molar-refractivity contribution in [2.45, 2.75) is 64.6 Å². The van der Waals surface area contributed by atoms with Crippen LogP contribution in [0.3, 0.4) is 0 Å². The maximum atomic E-state index is 11.9. The lowest BCUT2D eigenvalue weighted by atomic mass is 9.96. The Labute approximate surface area is 153 Å². The van der Waals surface area contributed by atoms with Gasteiger partial charge in [0.05, 0.1) is 32.3 Å². The molecule has 0 fully saturated rings. The van der Waals surface area contributed by atoms with Gasteiger partial charge in [-0.1, -0.05) is 32.9 Å². The highest BCUT2D eigenvalue weighted by Gasteiger charge is 2.39. The van der Waals surface area contributed by atoms with Crippen LogP contribution in [0.5, 0.6) is 0 Å². The molecule has 6 heteroatoms. The molecule has 25 heavy (non-hydrogen) atoms. The van der Waals surface area contributed by atoms with Crippen LogP contribution in [-0.4, -0.2) is 46.5 Å². The van der Waals surface area contributed by atoms with E-state index in [1.165, 1.54) is 0 Å². The predicted octanol–water partition coefficient (Wildman–Crippen LogP) is 4.06. The number of rotatable bonds is 9. The molecule has 0 bridgehead atoms. The summed E-state index contributed by atoms with van der Waals surface area (Å²) < 4.78 is 23.0. The summed E-state index contributed by atoms with van der Waals surface area (Å²) in [5, 5.41) is 0.118. The molecule has 0 amide bonds. The van der Waals surface area contributed by atoms with Crippen LogP contribution in [0.4, 0.5) is 0 Å². The highest BCUT2D eigenvalue weighted by Crippen LogP contribution is 2.37. The van der Waals surface area contributed by atoms with E-state index in [9.17, 15) is 4.79 Å². The molecule has 1 rings (SSSR count). The number of carbonyl (C=O) groups excluding carboxylic acids is 1. The van der Waals surface area contributed by atoms with Crippen LogP contribution < -0.4 is 0 Å². The van der Waals surface area contributed by atoms with Crippen molar-refractivity contribution in [1.82, 2.24) is 0 Å². The van der Waals surface area contributed by atoms with Crippen molar-refractivity contribution >= 4 is 14.3 Å². The third-order valence-corrected chi connectivity index (χ3v) is 9.30. The Morgan fingerprint density at radius 1 is 1.32 bits per heavy atom. The van der Waals surface area contributed by atoms with Crippen LogP contribution >= 0.6 is 0 Å². The van der Waals surface area contributed by atoms with Gasteiger partial charge in [0.2, 0.25) is 0 Å². The van der Waals surface area contributed by atoms with E-state index in [4.69, 9.17) is 18.6 Å². The minimum atomic E-state index is -1.90. The summed E-state index contributed by atoms with van der Waals surface area (Å²) in [4.78, 5) is 11.9. The second-order valence-electron chi connectivity index (χ2n) is 7.79. The van der Waals surface area contributed by atoms with Crippen molar-refractivity contribution in [2.24, 2.45) is 5.92 Å². The summed E-state index contributed by atoms with van der Waals surface area (Å²) >= 11 is 0. The molecule has 0 saturated carbocycles. The van der Waals surface area contributed by atoms with E-state index in [1.807, 2.05) is 19.1 Å². The second kappa shape index (κ2) is 9.66.